The number of aromatic nitrogens is 3. The minimum Gasteiger partial charge on any atom is -0.505 e. The molecule has 32 heavy (non-hydrogen) atoms. The molecule has 0 atom stereocenters. The van der Waals surface area contributed by atoms with E-state index in [0.717, 1.165) is 23.1 Å². The first kappa shape index (κ1) is 22.3. The minimum absolute atomic E-state index is 0.0288. The lowest BCUT2D eigenvalue weighted by Crippen LogP contribution is -2.18. The molecule has 0 saturated heterocycles. The van der Waals surface area contributed by atoms with Gasteiger partial charge >= 0.3 is 0 Å². The zero-order valence-corrected chi connectivity index (χ0v) is 19.7. The first-order valence-electron chi connectivity index (χ1n) is 11.3. The summed E-state index contributed by atoms with van der Waals surface area (Å²) in [6, 6.07) is 19.9. The normalized spacial score (nSPS) is 11.9. The number of fused-ring (bicyclic) bond motifs is 1. The van der Waals surface area contributed by atoms with Crippen LogP contribution in [0.2, 0.25) is 5.02 Å². The van der Waals surface area contributed by atoms with Crippen molar-refractivity contribution in [1.29, 1.82) is 0 Å². The molecule has 4 nitrogen and oxygen atoms in total. The quantitative estimate of drug-likeness (QED) is 0.290. The third-order valence-electron chi connectivity index (χ3n) is 6.15. The van der Waals surface area contributed by atoms with Crippen molar-refractivity contribution in [1.82, 2.24) is 15.0 Å². The molecule has 0 aliphatic heterocycles. The number of halogens is 1. The van der Waals surface area contributed by atoms with Crippen molar-refractivity contribution < 1.29 is 5.11 Å². The number of aromatic hydroxyl groups is 1. The SMILES string of the molecule is CCCCCC(C)(C)c1cc(Cc2ccccc2)c(O)c(-n2nc3ccc(Cl)cc3n2)c1. The molecule has 1 N–H and O–H groups in total. The van der Waals surface area contributed by atoms with Crippen molar-refractivity contribution >= 4 is 22.6 Å². The van der Waals surface area contributed by atoms with E-state index in [9.17, 15) is 5.11 Å². The van der Waals surface area contributed by atoms with E-state index in [1.165, 1.54) is 29.6 Å². The van der Waals surface area contributed by atoms with Crippen LogP contribution in [0.5, 0.6) is 5.75 Å². The number of phenols is 1. The fourth-order valence-corrected chi connectivity index (χ4v) is 4.29. The van der Waals surface area contributed by atoms with Gasteiger partial charge in [-0.2, -0.15) is 0 Å². The van der Waals surface area contributed by atoms with Crippen LogP contribution in [0.3, 0.4) is 0 Å². The largest absolute Gasteiger partial charge is 0.505 e. The highest BCUT2D eigenvalue weighted by Crippen LogP contribution is 2.37. The van der Waals surface area contributed by atoms with E-state index in [2.05, 4.69) is 49.2 Å². The second-order valence-electron chi connectivity index (χ2n) is 9.13. The van der Waals surface area contributed by atoms with Gasteiger partial charge in [-0.3, -0.25) is 0 Å². The maximum absolute atomic E-state index is 11.3. The first-order chi connectivity index (χ1) is 15.4. The number of hydrogen-bond donors (Lipinski definition) is 1. The Labute approximate surface area is 194 Å². The summed E-state index contributed by atoms with van der Waals surface area (Å²) < 4.78 is 0. The highest BCUT2D eigenvalue weighted by atomic mass is 35.5. The smallest absolute Gasteiger partial charge is 0.146 e. The van der Waals surface area contributed by atoms with Gasteiger partial charge in [-0.05, 0) is 47.2 Å². The molecule has 0 saturated carbocycles. The van der Waals surface area contributed by atoms with Crippen LogP contribution >= 0.6 is 11.6 Å². The minimum atomic E-state index is -0.0288. The predicted octanol–water partition coefficient (Wildman–Crippen LogP) is 7.23. The van der Waals surface area contributed by atoms with Gasteiger partial charge in [0.05, 0.1) is 0 Å². The molecular weight excluding hydrogens is 418 g/mol. The van der Waals surface area contributed by atoms with Crippen LogP contribution in [-0.2, 0) is 11.8 Å². The summed E-state index contributed by atoms with van der Waals surface area (Å²) in [5.74, 6) is 0.216. The summed E-state index contributed by atoms with van der Waals surface area (Å²) in [6.45, 7) is 6.78. The molecule has 3 aromatic carbocycles. The second kappa shape index (κ2) is 9.33. The van der Waals surface area contributed by atoms with Gasteiger partial charge in [-0.25, -0.2) is 0 Å². The number of rotatable bonds is 8. The Balaban J connectivity index is 1.82. The molecule has 0 fully saturated rings. The lowest BCUT2D eigenvalue weighted by molar-refractivity contribution is 0.442. The van der Waals surface area contributed by atoms with Crippen molar-refractivity contribution in [3.63, 3.8) is 0 Å². The Morgan fingerprint density at radius 3 is 2.44 bits per heavy atom. The summed E-state index contributed by atoms with van der Waals surface area (Å²) in [7, 11) is 0. The molecule has 0 bridgehead atoms. The molecule has 0 spiro atoms. The van der Waals surface area contributed by atoms with Crippen LogP contribution in [0.15, 0.2) is 60.7 Å². The molecular formula is C27H30ClN3O. The molecule has 5 heteroatoms. The van der Waals surface area contributed by atoms with E-state index in [1.807, 2.05) is 30.3 Å². The number of benzene rings is 3. The Kier molecular flexibility index (Phi) is 6.52. The molecule has 0 unspecified atom stereocenters. The van der Waals surface area contributed by atoms with Crippen molar-refractivity contribution in [2.45, 2.75) is 58.3 Å². The van der Waals surface area contributed by atoms with Crippen molar-refractivity contribution in [2.24, 2.45) is 0 Å². The maximum Gasteiger partial charge on any atom is 0.146 e. The number of nitrogens with zero attached hydrogens (tertiary/aromatic N) is 3. The second-order valence-corrected chi connectivity index (χ2v) is 9.57. The summed E-state index contributed by atoms with van der Waals surface area (Å²) in [5, 5.41) is 21.1. The number of hydrogen-bond acceptors (Lipinski definition) is 3. The molecule has 0 radical (unpaired) electrons. The lowest BCUT2D eigenvalue weighted by Gasteiger charge is -2.27. The predicted molar refractivity (Wildman–Crippen MR) is 132 cm³/mol. The third-order valence-corrected chi connectivity index (χ3v) is 6.39. The molecule has 0 aliphatic carbocycles. The molecule has 0 amide bonds. The van der Waals surface area contributed by atoms with Crippen LogP contribution in [0.25, 0.3) is 16.7 Å². The average Bonchev–Trinajstić information content (AvgIpc) is 3.18. The molecule has 166 valence electrons. The fraction of sp³-hybridized carbons (Fsp3) is 0.333. The van der Waals surface area contributed by atoms with E-state index in [0.29, 0.717) is 22.6 Å². The van der Waals surface area contributed by atoms with Gasteiger partial charge in [0, 0.05) is 17.0 Å². The van der Waals surface area contributed by atoms with Crippen LogP contribution in [-0.4, -0.2) is 20.1 Å². The van der Waals surface area contributed by atoms with Gasteiger partial charge < -0.3 is 5.11 Å². The highest BCUT2D eigenvalue weighted by molar-refractivity contribution is 6.31. The van der Waals surface area contributed by atoms with Crippen LogP contribution < -0.4 is 0 Å². The van der Waals surface area contributed by atoms with Gasteiger partial charge in [0.2, 0.25) is 0 Å². The van der Waals surface area contributed by atoms with Crippen LogP contribution in [0, 0.1) is 0 Å². The Morgan fingerprint density at radius 1 is 0.938 bits per heavy atom. The van der Waals surface area contributed by atoms with Gasteiger partial charge in [0.1, 0.15) is 22.5 Å². The maximum atomic E-state index is 11.3. The third kappa shape index (κ3) is 4.81. The van der Waals surface area contributed by atoms with E-state index < -0.39 is 0 Å². The summed E-state index contributed by atoms with van der Waals surface area (Å²) in [4.78, 5) is 1.54. The number of phenolic OH excluding ortho intramolecular Hbond substituents is 1. The van der Waals surface area contributed by atoms with Crippen molar-refractivity contribution in [2.75, 3.05) is 0 Å². The Morgan fingerprint density at radius 2 is 1.69 bits per heavy atom. The molecule has 1 aromatic heterocycles. The van der Waals surface area contributed by atoms with Gasteiger partial charge in [0.25, 0.3) is 0 Å². The van der Waals surface area contributed by atoms with Crippen molar-refractivity contribution in [3.8, 4) is 11.4 Å². The molecule has 4 rings (SSSR count). The van der Waals surface area contributed by atoms with Crippen molar-refractivity contribution in [3.05, 3.63) is 82.4 Å². The fourth-order valence-electron chi connectivity index (χ4n) is 4.13. The first-order valence-corrected chi connectivity index (χ1v) is 11.7. The number of unbranched alkanes of at least 4 members (excludes halogenated alkanes) is 2. The van der Waals surface area contributed by atoms with Gasteiger partial charge in [-0.1, -0.05) is 88.0 Å². The van der Waals surface area contributed by atoms with Crippen LogP contribution in [0.4, 0.5) is 0 Å². The Hall–Kier alpha value is -2.85. The molecule has 1 heterocycles. The molecule has 4 aromatic rings. The lowest BCUT2D eigenvalue weighted by atomic mass is 9.78. The summed E-state index contributed by atoms with van der Waals surface area (Å²) in [6.07, 6.45) is 5.32. The summed E-state index contributed by atoms with van der Waals surface area (Å²) >= 11 is 6.14. The van der Waals surface area contributed by atoms with Gasteiger partial charge in [-0.15, -0.1) is 15.0 Å². The van der Waals surface area contributed by atoms with E-state index in [-0.39, 0.29) is 11.2 Å². The van der Waals surface area contributed by atoms with Gasteiger partial charge in [0.15, 0.2) is 0 Å². The topological polar surface area (TPSA) is 50.9 Å². The van der Waals surface area contributed by atoms with E-state index in [4.69, 9.17) is 11.6 Å². The Bertz CT molecular complexity index is 1210. The zero-order chi connectivity index (χ0) is 22.7. The molecule has 0 aliphatic rings. The average molecular weight is 448 g/mol. The summed E-state index contributed by atoms with van der Waals surface area (Å²) in [5.41, 5.74) is 5.24. The van der Waals surface area contributed by atoms with Crippen LogP contribution in [0.1, 0.15) is 63.1 Å². The zero-order valence-electron chi connectivity index (χ0n) is 19.0. The van der Waals surface area contributed by atoms with E-state index >= 15 is 0 Å². The monoisotopic (exact) mass is 447 g/mol. The highest BCUT2D eigenvalue weighted by Gasteiger charge is 2.24. The standard InChI is InChI=1S/C27H30ClN3O/c1-4-5-9-14-27(2,3)21-16-20(15-19-10-7-6-8-11-19)26(32)25(17-21)31-29-23-13-12-22(28)18-24(23)30-31/h6-8,10-13,16-18,32H,4-5,9,14-15H2,1-3H3. The van der Waals surface area contributed by atoms with E-state index in [1.54, 1.807) is 12.1 Å².